The Kier molecular flexibility index (Phi) is 3.36. The fourth-order valence-corrected chi connectivity index (χ4v) is 2.56. The number of carbonyl (C=O) groups excluding carboxylic acids is 1. The van der Waals surface area contributed by atoms with Crippen LogP contribution in [0.5, 0.6) is 0 Å². The van der Waals surface area contributed by atoms with Gasteiger partial charge in [0.2, 0.25) is 0 Å². The van der Waals surface area contributed by atoms with E-state index in [1.165, 1.54) is 0 Å². The SMILES string of the molecule is Cc1cc(C(=O)CCl)c(C)n1C1CCOC1. The van der Waals surface area contributed by atoms with E-state index in [0.717, 1.165) is 36.6 Å². The number of Topliss-reactive ketones (excluding diaryl/α,β-unsaturated/α-hetero) is 1. The van der Waals surface area contributed by atoms with Crippen LogP contribution in [0, 0.1) is 13.8 Å². The lowest BCUT2D eigenvalue weighted by Gasteiger charge is -2.15. The van der Waals surface area contributed by atoms with Gasteiger partial charge in [0, 0.05) is 23.6 Å². The second-order valence-electron chi connectivity index (χ2n) is 4.23. The lowest BCUT2D eigenvalue weighted by molar-refractivity contribution is 0.102. The van der Waals surface area contributed by atoms with E-state index < -0.39 is 0 Å². The van der Waals surface area contributed by atoms with Gasteiger partial charge >= 0.3 is 0 Å². The summed E-state index contributed by atoms with van der Waals surface area (Å²) >= 11 is 5.60. The van der Waals surface area contributed by atoms with Crippen molar-refractivity contribution in [1.82, 2.24) is 4.57 Å². The Morgan fingerprint density at radius 1 is 1.62 bits per heavy atom. The predicted molar refractivity (Wildman–Crippen MR) is 63.4 cm³/mol. The topological polar surface area (TPSA) is 31.2 Å². The number of aryl methyl sites for hydroxylation is 1. The molecule has 0 N–H and O–H groups in total. The highest BCUT2D eigenvalue weighted by Gasteiger charge is 2.23. The fourth-order valence-electron chi connectivity index (χ4n) is 2.42. The Morgan fingerprint density at radius 2 is 2.38 bits per heavy atom. The van der Waals surface area contributed by atoms with Gasteiger partial charge in [-0.3, -0.25) is 4.79 Å². The first-order valence-electron chi connectivity index (χ1n) is 5.50. The van der Waals surface area contributed by atoms with E-state index in [1.54, 1.807) is 0 Å². The number of halogens is 1. The van der Waals surface area contributed by atoms with E-state index >= 15 is 0 Å². The third-order valence-corrected chi connectivity index (χ3v) is 3.42. The highest BCUT2D eigenvalue weighted by Crippen LogP contribution is 2.26. The van der Waals surface area contributed by atoms with Crippen LogP contribution in [0.3, 0.4) is 0 Å². The van der Waals surface area contributed by atoms with E-state index in [9.17, 15) is 4.79 Å². The Labute approximate surface area is 100 Å². The van der Waals surface area contributed by atoms with Gasteiger partial charge in [0.15, 0.2) is 5.78 Å². The van der Waals surface area contributed by atoms with E-state index in [1.807, 2.05) is 19.9 Å². The van der Waals surface area contributed by atoms with Gasteiger partial charge in [-0.1, -0.05) is 0 Å². The van der Waals surface area contributed by atoms with Crippen LogP contribution in [-0.2, 0) is 4.74 Å². The van der Waals surface area contributed by atoms with E-state index in [0.29, 0.717) is 6.04 Å². The second kappa shape index (κ2) is 4.60. The molecule has 1 aliphatic rings. The van der Waals surface area contributed by atoms with Crippen LogP contribution in [-0.4, -0.2) is 29.4 Å². The predicted octanol–water partition coefficient (Wildman–Crippen LogP) is 2.49. The molecule has 2 heterocycles. The van der Waals surface area contributed by atoms with Crippen molar-refractivity contribution < 1.29 is 9.53 Å². The molecule has 88 valence electrons. The van der Waals surface area contributed by atoms with Gasteiger partial charge < -0.3 is 9.30 Å². The maximum Gasteiger partial charge on any atom is 0.179 e. The van der Waals surface area contributed by atoms with Gasteiger partial charge in [0.25, 0.3) is 0 Å². The zero-order valence-corrected chi connectivity index (χ0v) is 10.4. The average Bonchev–Trinajstić information content (AvgIpc) is 2.86. The minimum Gasteiger partial charge on any atom is -0.379 e. The Bertz CT molecular complexity index is 405. The smallest absolute Gasteiger partial charge is 0.179 e. The van der Waals surface area contributed by atoms with Gasteiger partial charge in [-0.05, 0) is 26.3 Å². The molecule has 0 saturated carbocycles. The first kappa shape index (κ1) is 11.7. The average molecular weight is 242 g/mol. The maximum absolute atomic E-state index is 11.6. The number of carbonyl (C=O) groups is 1. The van der Waals surface area contributed by atoms with E-state index in [-0.39, 0.29) is 11.7 Å². The Hall–Kier alpha value is -0.800. The molecule has 1 saturated heterocycles. The molecule has 0 radical (unpaired) electrons. The maximum atomic E-state index is 11.6. The number of hydrogen-bond donors (Lipinski definition) is 0. The number of hydrogen-bond acceptors (Lipinski definition) is 2. The van der Waals surface area contributed by atoms with Crippen molar-refractivity contribution in [3.63, 3.8) is 0 Å². The monoisotopic (exact) mass is 241 g/mol. The number of nitrogens with zero attached hydrogens (tertiary/aromatic N) is 1. The highest BCUT2D eigenvalue weighted by molar-refractivity contribution is 6.30. The first-order valence-corrected chi connectivity index (χ1v) is 6.04. The molecule has 1 aliphatic heterocycles. The van der Waals surface area contributed by atoms with Crippen molar-refractivity contribution in [2.75, 3.05) is 19.1 Å². The minimum atomic E-state index is -0.0000630. The van der Waals surface area contributed by atoms with Crippen LogP contribution >= 0.6 is 11.6 Å². The fraction of sp³-hybridized carbons (Fsp3) is 0.583. The summed E-state index contributed by atoms with van der Waals surface area (Å²) in [5.74, 6) is 0.0470. The molecule has 1 aromatic heterocycles. The summed E-state index contributed by atoms with van der Waals surface area (Å²) in [6.45, 7) is 5.55. The number of alkyl halides is 1. The molecule has 2 rings (SSSR count). The standard InChI is InChI=1S/C12H16ClNO2/c1-8-5-11(12(15)6-13)9(2)14(8)10-3-4-16-7-10/h5,10H,3-4,6-7H2,1-2H3. The first-order chi connectivity index (χ1) is 7.65. The molecular weight excluding hydrogens is 226 g/mol. The molecular formula is C12H16ClNO2. The normalized spacial score (nSPS) is 20.3. The molecule has 0 aliphatic carbocycles. The summed E-state index contributed by atoms with van der Waals surface area (Å²) in [5.41, 5.74) is 2.87. The molecule has 4 heteroatoms. The molecule has 0 aromatic carbocycles. The number of aromatic nitrogens is 1. The molecule has 1 atom stereocenters. The van der Waals surface area contributed by atoms with Crippen molar-refractivity contribution in [3.8, 4) is 0 Å². The summed E-state index contributed by atoms with van der Waals surface area (Å²) < 4.78 is 7.59. The lowest BCUT2D eigenvalue weighted by Crippen LogP contribution is -2.13. The Morgan fingerprint density at radius 3 is 2.94 bits per heavy atom. The summed E-state index contributed by atoms with van der Waals surface area (Å²) in [6.07, 6.45) is 1.02. The number of rotatable bonds is 3. The summed E-state index contributed by atoms with van der Waals surface area (Å²) in [6, 6.07) is 2.30. The van der Waals surface area contributed by atoms with Gasteiger partial charge in [-0.2, -0.15) is 0 Å². The minimum absolute atomic E-state index is 0.0000630. The third-order valence-electron chi connectivity index (χ3n) is 3.18. The summed E-state index contributed by atoms with van der Waals surface area (Å²) in [4.78, 5) is 11.6. The number of ketones is 1. The van der Waals surface area contributed by atoms with Crippen LogP contribution in [0.25, 0.3) is 0 Å². The molecule has 3 nitrogen and oxygen atoms in total. The largest absolute Gasteiger partial charge is 0.379 e. The molecule has 0 amide bonds. The van der Waals surface area contributed by atoms with Gasteiger partial charge in [0.1, 0.15) is 0 Å². The second-order valence-corrected chi connectivity index (χ2v) is 4.50. The quantitative estimate of drug-likeness (QED) is 0.602. The molecule has 1 aromatic rings. The van der Waals surface area contributed by atoms with Crippen molar-refractivity contribution in [2.24, 2.45) is 0 Å². The highest BCUT2D eigenvalue weighted by atomic mass is 35.5. The van der Waals surface area contributed by atoms with Crippen LogP contribution in [0.1, 0.15) is 34.2 Å². The summed E-state index contributed by atoms with van der Waals surface area (Å²) in [7, 11) is 0. The van der Waals surface area contributed by atoms with Crippen LogP contribution < -0.4 is 0 Å². The van der Waals surface area contributed by atoms with Gasteiger partial charge in [-0.25, -0.2) is 0 Å². The third kappa shape index (κ3) is 1.89. The molecule has 0 bridgehead atoms. The number of ether oxygens (including phenoxy) is 1. The van der Waals surface area contributed by atoms with Crippen LogP contribution in [0.4, 0.5) is 0 Å². The molecule has 1 unspecified atom stereocenters. The molecule has 1 fully saturated rings. The molecule has 0 spiro atoms. The van der Waals surface area contributed by atoms with Crippen LogP contribution in [0.15, 0.2) is 6.07 Å². The van der Waals surface area contributed by atoms with Crippen LogP contribution in [0.2, 0.25) is 0 Å². The van der Waals surface area contributed by atoms with Crippen molar-refractivity contribution >= 4 is 17.4 Å². The van der Waals surface area contributed by atoms with E-state index in [4.69, 9.17) is 16.3 Å². The van der Waals surface area contributed by atoms with Crippen molar-refractivity contribution in [3.05, 3.63) is 23.0 Å². The zero-order valence-electron chi connectivity index (χ0n) is 9.62. The molecule has 16 heavy (non-hydrogen) atoms. The van der Waals surface area contributed by atoms with Crippen molar-refractivity contribution in [1.29, 1.82) is 0 Å². The zero-order chi connectivity index (χ0) is 11.7. The summed E-state index contributed by atoms with van der Waals surface area (Å²) in [5, 5.41) is 0. The Balaban J connectivity index is 2.38. The van der Waals surface area contributed by atoms with Gasteiger partial charge in [0.05, 0.1) is 18.5 Å². The van der Waals surface area contributed by atoms with Gasteiger partial charge in [-0.15, -0.1) is 11.6 Å². The van der Waals surface area contributed by atoms with E-state index in [2.05, 4.69) is 4.57 Å². The lowest BCUT2D eigenvalue weighted by atomic mass is 10.2. The van der Waals surface area contributed by atoms with Crippen molar-refractivity contribution in [2.45, 2.75) is 26.3 Å².